The molecule has 1 saturated heterocycles. The molecule has 2 rings (SSSR count). The van der Waals surface area contributed by atoms with Gasteiger partial charge in [-0.05, 0) is 56.9 Å². The Morgan fingerprint density at radius 3 is 2.36 bits per heavy atom. The first kappa shape index (κ1) is 19.8. The normalized spacial score (nSPS) is 19.0. The lowest BCUT2D eigenvalue weighted by Gasteiger charge is -2.32. The second-order valence-electron chi connectivity index (χ2n) is 7.10. The lowest BCUT2D eigenvalue weighted by Crippen LogP contribution is -2.41. The van der Waals surface area contributed by atoms with E-state index in [9.17, 15) is 4.79 Å². The molecule has 25 heavy (non-hydrogen) atoms. The Balaban J connectivity index is 2.35. The standard InChI is InChI=1S/C18H25BClNO4/c1-12(22)21-11-14(19-24-17(2,3)18(4,5)25-19)9-13-7-8-15(23-6)10-16(13)20/h7-10H,11H2,1-6H3,(H,21,22). The maximum Gasteiger partial charge on any atom is 0.492 e. The second kappa shape index (κ2) is 7.40. The smallest absolute Gasteiger partial charge is 0.492 e. The van der Waals surface area contributed by atoms with Crippen LogP contribution in [0.1, 0.15) is 40.2 Å². The molecule has 1 aliphatic heterocycles. The van der Waals surface area contributed by atoms with Crippen LogP contribution in [0.25, 0.3) is 6.08 Å². The van der Waals surface area contributed by atoms with Gasteiger partial charge in [0.05, 0.1) is 23.3 Å². The Labute approximate surface area is 154 Å². The number of methoxy groups -OCH3 is 1. The zero-order chi connectivity index (χ0) is 18.8. The van der Waals surface area contributed by atoms with Gasteiger partial charge in [-0.25, -0.2) is 0 Å². The molecule has 0 aromatic heterocycles. The van der Waals surface area contributed by atoms with E-state index in [1.54, 1.807) is 13.2 Å². The van der Waals surface area contributed by atoms with Crippen molar-refractivity contribution in [3.63, 3.8) is 0 Å². The quantitative estimate of drug-likeness (QED) is 0.811. The third-order valence-corrected chi connectivity index (χ3v) is 4.97. The molecule has 1 aromatic rings. The van der Waals surface area contributed by atoms with Crippen molar-refractivity contribution in [3.05, 3.63) is 34.3 Å². The van der Waals surface area contributed by atoms with Crippen molar-refractivity contribution in [2.24, 2.45) is 0 Å². The van der Waals surface area contributed by atoms with E-state index in [1.807, 2.05) is 45.9 Å². The first-order valence-electron chi connectivity index (χ1n) is 8.20. The van der Waals surface area contributed by atoms with E-state index in [0.29, 0.717) is 17.3 Å². The minimum Gasteiger partial charge on any atom is -0.497 e. The number of hydrogen-bond donors (Lipinski definition) is 1. The first-order chi connectivity index (χ1) is 11.6. The van der Waals surface area contributed by atoms with Gasteiger partial charge < -0.3 is 19.4 Å². The molecule has 1 heterocycles. The molecule has 0 unspecified atom stereocenters. The van der Waals surface area contributed by atoms with Crippen molar-refractivity contribution in [2.45, 2.75) is 45.8 Å². The van der Waals surface area contributed by atoms with Crippen molar-refractivity contribution >= 4 is 30.7 Å². The summed E-state index contributed by atoms with van der Waals surface area (Å²) in [5, 5.41) is 3.36. The number of nitrogens with one attached hydrogen (secondary N) is 1. The van der Waals surface area contributed by atoms with Gasteiger partial charge >= 0.3 is 7.12 Å². The third-order valence-electron chi connectivity index (χ3n) is 4.65. The molecule has 0 spiro atoms. The van der Waals surface area contributed by atoms with Crippen LogP contribution in [0.2, 0.25) is 5.02 Å². The summed E-state index contributed by atoms with van der Waals surface area (Å²) in [4.78, 5) is 11.4. The van der Waals surface area contributed by atoms with E-state index in [-0.39, 0.29) is 5.91 Å². The van der Waals surface area contributed by atoms with Crippen LogP contribution in [0, 0.1) is 0 Å². The third kappa shape index (κ3) is 4.57. The second-order valence-corrected chi connectivity index (χ2v) is 7.51. The number of hydrogen-bond acceptors (Lipinski definition) is 4. The van der Waals surface area contributed by atoms with Gasteiger partial charge in [0.2, 0.25) is 5.91 Å². The fraction of sp³-hybridized carbons (Fsp3) is 0.500. The van der Waals surface area contributed by atoms with E-state index in [0.717, 1.165) is 11.0 Å². The topological polar surface area (TPSA) is 56.8 Å². The summed E-state index contributed by atoms with van der Waals surface area (Å²) in [6, 6.07) is 5.44. The van der Waals surface area contributed by atoms with Crippen LogP contribution < -0.4 is 10.1 Å². The zero-order valence-electron chi connectivity index (χ0n) is 15.6. The van der Waals surface area contributed by atoms with Gasteiger partial charge in [-0.1, -0.05) is 17.7 Å². The van der Waals surface area contributed by atoms with Crippen molar-refractivity contribution in [2.75, 3.05) is 13.7 Å². The number of rotatable bonds is 5. The molecule has 1 amide bonds. The number of carbonyl (C=O) groups excluding carboxylic acids is 1. The summed E-state index contributed by atoms with van der Waals surface area (Å²) in [5.74, 6) is 0.560. The number of halogens is 1. The van der Waals surface area contributed by atoms with Crippen molar-refractivity contribution in [1.82, 2.24) is 5.32 Å². The molecular weight excluding hydrogens is 340 g/mol. The maximum atomic E-state index is 11.4. The summed E-state index contributed by atoms with van der Waals surface area (Å²) in [6.07, 6.45) is 1.89. The summed E-state index contributed by atoms with van der Waals surface area (Å²) < 4.78 is 17.4. The minimum atomic E-state index is -0.560. The van der Waals surface area contributed by atoms with Gasteiger partial charge in [-0.3, -0.25) is 4.79 Å². The molecule has 0 aliphatic carbocycles. The Morgan fingerprint density at radius 2 is 1.88 bits per heavy atom. The van der Waals surface area contributed by atoms with E-state index in [2.05, 4.69) is 5.32 Å². The van der Waals surface area contributed by atoms with Gasteiger partial charge in [0, 0.05) is 13.5 Å². The fourth-order valence-electron chi connectivity index (χ4n) is 2.38. The zero-order valence-corrected chi connectivity index (χ0v) is 16.4. The van der Waals surface area contributed by atoms with Crippen LogP contribution in [0.15, 0.2) is 23.7 Å². The van der Waals surface area contributed by atoms with Gasteiger partial charge in [0.15, 0.2) is 0 Å². The van der Waals surface area contributed by atoms with E-state index >= 15 is 0 Å². The molecule has 1 N–H and O–H groups in total. The largest absolute Gasteiger partial charge is 0.497 e. The molecular formula is C18H25BClNO4. The number of benzene rings is 1. The summed E-state index contributed by atoms with van der Waals surface area (Å²) >= 11 is 6.34. The highest BCUT2D eigenvalue weighted by atomic mass is 35.5. The monoisotopic (exact) mass is 365 g/mol. The van der Waals surface area contributed by atoms with E-state index in [1.165, 1.54) is 6.92 Å². The molecule has 1 aromatic carbocycles. The predicted octanol–water partition coefficient (Wildman–Crippen LogP) is 3.50. The van der Waals surface area contributed by atoms with Crippen LogP contribution in [-0.2, 0) is 14.1 Å². The van der Waals surface area contributed by atoms with E-state index in [4.69, 9.17) is 25.6 Å². The van der Waals surface area contributed by atoms with Crippen LogP contribution in [0.3, 0.4) is 0 Å². The van der Waals surface area contributed by atoms with Crippen molar-refractivity contribution in [1.29, 1.82) is 0 Å². The molecule has 1 aliphatic rings. The van der Waals surface area contributed by atoms with Crippen molar-refractivity contribution < 1.29 is 18.8 Å². The average Bonchev–Trinajstić information content (AvgIpc) is 2.72. The van der Waals surface area contributed by atoms with Crippen LogP contribution in [0.5, 0.6) is 5.75 Å². The predicted molar refractivity (Wildman–Crippen MR) is 101 cm³/mol. The highest BCUT2D eigenvalue weighted by Gasteiger charge is 2.52. The minimum absolute atomic E-state index is 0.122. The Hall–Kier alpha value is -1.50. The molecule has 0 bridgehead atoms. The summed E-state index contributed by atoms with van der Waals surface area (Å²) in [7, 11) is 1.03. The van der Waals surface area contributed by atoms with Crippen LogP contribution in [-0.4, -0.2) is 37.9 Å². The Bertz CT molecular complexity index is 672. The molecule has 0 radical (unpaired) electrons. The Morgan fingerprint density at radius 1 is 1.28 bits per heavy atom. The first-order valence-corrected chi connectivity index (χ1v) is 8.57. The SMILES string of the molecule is COc1ccc(C=C(CNC(C)=O)B2OC(C)(C)C(C)(C)O2)c(Cl)c1. The molecule has 0 saturated carbocycles. The molecule has 0 atom stereocenters. The van der Waals surface area contributed by atoms with Crippen LogP contribution in [0.4, 0.5) is 0 Å². The van der Waals surface area contributed by atoms with Gasteiger partial charge in [0.1, 0.15) is 5.75 Å². The number of amides is 1. The molecule has 7 heteroatoms. The summed E-state index contributed by atoms with van der Waals surface area (Å²) in [5.41, 5.74) is 0.673. The van der Waals surface area contributed by atoms with Crippen LogP contribution >= 0.6 is 11.6 Å². The summed E-state index contributed by atoms with van der Waals surface area (Å²) in [6.45, 7) is 9.75. The Kier molecular flexibility index (Phi) is 5.87. The fourth-order valence-corrected chi connectivity index (χ4v) is 2.60. The highest BCUT2D eigenvalue weighted by Crippen LogP contribution is 2.39. The number of carbonyl (C=O) groups is 1. The van der Waals surface area contributed by atoms with Gasteiger partial charge in [-0.15, -0.1) is 0 Å². The lowest BCUT2D eigenvalue weighted by atomic mass is 9.77. The van der Waals surface area contributed by atoms with Crippen molar-refractivity contribution in [3.8, 4) is 5.75 Å². The lowest BCUT2D eigenvalue weighted by molar-refractivity contribution is -0.118. The molecule has 1 fully saturated rings. The molecule has 136 valence electrons. The average molecular weight is 366 g/mol. The highest BCUT2D eigenvalue weighted by molar-refractivity contribution is 6.56. The maximum absolute atomic E-state index is 11.4. The molecule has 5 nitrogen and oxygen atoms in total. The van der Waals surface area contributed by atoms with Gasteiger partial charge in [-0.2, -0.15) is 0 Å². The number of ether oxygens (including phenoxy) is 1. The van der Waals surface area contributed by atoms with Gasteiger partial charge in [0.25, 0.3) is 0 Å². The van der Waals surface area contributed by atoms with E-state index < -0.39 is 18.3 Å².